The van der Waals surface area contributed by atoms with Gasteiger partial charge in [0.25, 0.3) is 0 Å². The summed E-state index contributed by atoms with van der Waals surface area (Å²) in [7, 11) is 0. The van der Waals surface area contributed by atoms with Crippen molar-refractivity contribution in [2.75, 3.05) is 19.7 Å². The van der Waals surface area contributed by atoms with Gasteiger partial charge in [0.2, 0.25) is 0 Å². The maximum Gasteiger partial charge on any atom is 1.00 e. The minimum atomic E-state index is -1.22. The first kappa shape index (κ1) is 30.1. The fourth-order valence-corrected chi connectivity index (χ4v) is 0. The fraction of sp³-hybridized carbons (Fsp3) is 0.714. The molecule has 7 nitrogen and oxygen atoms in total. The van der Waals surface area contributed by atoms with E-state index in [1.807, 2.05) is 6.92 Å². The Morgan fingerprint density at radius 2 is 1.19 bits per heavy atom. The SMILES string of the molecule is CCCO.NCC(=O)[O-].NCC(=O)[O-].[Na+].[Na+]. The molecule has 0 heterocycles. The molecule has 0 saturated heterocycles. The Kier molecular flexibility index (Phi) is 55.9. The first-order chi connectivity index (χ1) is 6.45. The summed E-state index contributed by atoms with van der Waals surface area (Å²) in [4.78, 5) is 18.3. The number of aliphatic hydroxyl groups excluding tert-OH is 1. The molecule has 0 radical (unpaired) electrons. The Labute approximate surface area is 139 Å². The van der Waals surface area contributed by atoms with Crippen LogP contribution in [-0.4, -0.2) is 36.7 Å². The molecule has 0 rings (SSSR count). The van der Waals surface area contributed by atoms with Gasteiger partial charge in [-0.2, -0.15) is 0 Å². The molecule has 0 amide bonds. The number of carboxylic acid groups (broad SMARTS) is 2. The van der Waals surface area contributed by atoms with Crippen molar-refractivity contribution >= 4 is 11.9 Å². The standard InChI is InChI=1S/C3H8O.2C2H5NO2.2Na/c1-2-3-4;2*3-1-2(4)5;;/h4H,2-3H2,1H3;2*1,3H2,(H,4,5);;/q;;;2*+1/p-2. The quantitative estimate of drug-likeness (QED) is 0.422. The van der Waals surface area contributed by atoms with Gasteiger partial charge in [0.1, 0.15) is 0 Å². The van der Waals surface area contributed by atoms with Crippen LogP contribution in [-0.2, 0) is 9.59 Å². The van der Waals surface area contributed by atoms with Crippen LogP contribution in [0.4, 0.5) is 0 Å². The van der Waals surface area contributed by atoms with E-state index < -0.39 is 11.9 Å². The Morgan fingerprint density at radius 1 is 1.06 bits per heavy atom. The van der Waals surface area contributed by atoms with Crippen LogP contribution in [0.15, 0.2) is 0 Å². The number of hydrogen-bond acceptors (Lipinski definition) is 7. The molecule has 16 heavy (non-hydrogen) atoms. The van der Waals surface area contributed by atoms with E-state index in [-0.39, 0.29) is 72.2 Å². The molecule has 0 aromatic heterocycles. The zero-order valence-corrected chi connectivity index (χ0v) is 14.1. The molecule has 9 heteroatoms. The minimum Gasteiger partial charge on any atom is -0.549 e. The van der Waals surface area contributed by atoms with Crippen LogP contribution < -0.4 is 80.8 Å². The second kappa shape index (κ2) is 29.7. The first-order valence-electron chi connectivity index (χ1n) is 3.86. The molecule has 0 aromatic carbocycles. The second-order valence-electron chi connectivity index (χ2n) is 1.88. The summed E-state index contributed by atoms with van der Waals surface area (Å²) in [5.74, 6) is -2.44. The van der Waals surface area contributed by atoms with Gasteiger partial charge in [-0.1, -0.05) is 6.92 Å². The predicted octanol–water partition coefficient (Wildman–Crippen LogP) is -10.2. The van der Waals surface area contributed by atoms with Gasteiger partial charge in [0, 0.05) is 19.7 Å². The Hall–Kier alpha value is 0.820. The van der Waals surface area contributed by atoms with Crippen LogP contribution >= 0.6 is 0 Å². The van der Waals surface area contributed by atoms with Gasteiger partial charge in [-0.05, 0) is 6.42 Å². The maximum absolute atomic E-state index is 9.13. The number of carboxylic acids is 2. The molecular weight excluding hydrogens is 238 g/mol. The van der Waals surface area contributed by atoms with Gasteiger partial charge < -0.3 is 36.4 Å². The molecule has 5 N–H and O–H groups in total. The molecule has 0 bridgehead atoms. The summed E-state index contributed by atoms with van der Waals surface area (Å²) >= 11 is 0. The van der Waals surface area contributed by atoms with Gasteiger partial charge in [-0.15, -0.1) is 0 Å². The largest absolute Gasteiger partial charge is 1.00 e. The summed E-state index contributed by atoms with van der Waals surface area (Å²) in [6.07, 6.45) is 0.875. The van der Waals surface area contributed by atoms with Crippen LogP contribution in [0.1, 0.15) is 13.3 Å². The predicted molar refractivity (Wildman–Crippen MR) is 45.5 cm³/mol. The second-order valence-corrected chi connectivity index (χ2v) is 1.88. The number of rotatable bonds is 3. The monoisotopic (exact) mass is 254 g/mol. The van der Waals surface area contributed by atoms with Crippen molar-refractivity contribution in [3.05, 3.63) is 0 Å². The minimum absolute atomic E-state index is 0. The Bertz CT molecular complexity index is 133. The van der Waals surface area contributed by atoms with E-state index >= 15 is 0 Å². The van der Waals surface area contributed by atoms with Crippen LogP contribution in [0.3, 0.4) is 0 Å². The molecule has 0 aromatic rings. The molecular formula is C7H16N2Na2O5. The van der Waals surface area contributed by atoms with E-state index in [1.54, 1.807) is 0 Å². The third-order valence-electron chi connectivity index (χ3n) is 0.557. The van der Waals surface area contributed by atoms with Crippen molar-refractivity contribution in [1.29, 1.82) is 0 Å². The summed E-state index contributed by atoms with van der Waals surface area (Å²) in [6.45, 7) is 1.47. The normalized spacial score (nSPS) is 6.50. The molecule has 86 valence electrons. The Balaban J connectivity index is -0.0000000358. The average Bonchev–Trinajstić information content (AvgIpc) is 2.19. The zero-order chi connectivity index (χ0) is 12.0. The van der Waals surface area contributed by atoms with Gasteiger partial charge in [0.05, 0.1) is 11.9 Å². The molecule has 0 aliphatic rings. The van der Waals surface area contributed by atoms with Crippen molar-refractivity contribution in [3.63, 3.8) is 0 Å². The smallest absolute Gasteiger partial charge is 0.549 e. The summed E-state index contributed by atoms with van der Waals surface area (Å²) in [5.41, 5.74) is 9.02. The summed E-state index contributed by atoms with van der Waals surface area (Å²) in [6, 6.07) is 0. The zero-order valence-electron chi connectivity index (χ0n) is 10.1. The van der Waals surface area contributed by atoms with E-state index in [1.165, 1.54) is 0 Å². The van der Waals surface area contributed by atoms with Crippen LogP contribution in [0.25, 0.3) is 0 Å². The summed E-state index contributed by atoms with van der Waals surface area (Å²) in [5, 5.41) is 26.1. The van der Waals surface area contributed by atoms with Gasteiger partial charge in [-0.3, -0.25) is 0 Å². The van der Waals surface area contributed by atoms with Gasteiger partial charge in [0.15, 0.2) is 0 Å². The molecule has 0 atom stereocenters. The van der Waals surface area contributed by atoms with Crippen molar-refractivity contribution in [1.82, 2.24) is 0 Å². The van der Waals surface area contributed by atoms with E-state index in [0.29, 0.717) is 6.61 Å². The van der Waals surface area contributed by atoms with Crippen LogP contribution in [0.5, 0.6) is 0 Å². The summed E-state index contributed by atoms with van der Waals surface area (Å²) < 4.78 is 0. The van der Waals surface area contributed by atoms with Gasteiger partial charge >= 0.3 is 59.1 Å². The van der Waals surface area contributed by atoms with Gasteiger partial charge in [-0.25, -0.2) is 0 Å². The van der Waals surface area contributed by atoms with E-state index in [9.17, 15) is 0 Å². The molecule has 0 fully saturated rings. The molecule has 0 saturated carbocycles. The van der Waals surface area contributed by atoms with E-state index in [2.05, 4.69) is 11.5 Å². The Morgan fingerprint density at radius 3 is 1.19 bits per heavy atom. The van der Waals surface area contributed by atoms with E-state index in [0.717, 1.165) is 6.42 Å². The van der Waals surface area contributed by atoms with Crippen molar-refractivity contribution < 1.29 is 84.0 Å². The van der Waals surface area contributed by atoms with Crippen molar-refractivity contribution in [3.8, 4) is 0 Å². The first-order valence-corrected chi connectivity index (χ1v) is 3.86. The van der Waals surface area contributed by atoms with Crippen molar-refractivity contribution in [2.24, 2.45) is 11.5 Å². The number of hydrogen-bond donors (Lipinski definition) is 3. The maximum atomic E-state index is 9.13. The molecule has 0 unspecified atom stereocenters. The topological polar surface area (TPSA) is 153 Å². The number of aliphatic carboxylic acids is 2. The third kappa shape index (κ3) is 83.6. The molecule has 0 spiro atoms. The third-order valence-corrected chi connectivity index (χ3v) is 0.557. The van der Waals surface area contributed by atoms with Crippen molar-refractivity contribution in [2.45, 2.75) is 13.3 Å². The fourth-order valence-electron chi connectivity index (χ4n) is 0. The number of carbonyl (C=O) groups is 2. The van der Waals surface area contributed by atoms with Crippen LogP contribution in [0, 0.1) is 0 Å². The van der Waals surface area contributed by atoms with Crippen LogP contribution in [0.2, 0.25) is 0 Å². The number of nitrogens with two attached hydrogens (primary N) is 2. The average molecular weight is 254 g/mol. The molecule has 0 aliphatic carbocycles. The number of carbonyl (C=O) groups excluding carboxylic acids is 2. The number of aliphatic hydroxyl groups is 1. The van der Waals surface area contributed by atoms with E-state index in [4.69, 9.17) is 24.9 Å². The molecule has 0 aliphatic heterocycles.